The molecule has 0 atom stereocenters. The van der Waals surface area contributed by atoms with Crippen molar-refractivity contribution in [2.45, 2.75) is 38.9 Å². The largest absolute Gasteiger partial charge is 0.459 e. The van der Waals surface area contributed by atoms with Gasteiger partial charge in [-0.3, -0.25) is 9.59 Å². The smallest absolute Gasteiger partial charge is 0.291 e. The molecule has 24 heavy (non-hydrogen) atoms. The molecule has 0 saturated heterocycles. The van der Waals surface area contributed by atoms with Crippen molar-refractivity contribution < 1.29 is 9.21 Å². The lowest BCUT2D eigenvalue weighted by Crippen LogP contribution is -2.35. The highest BCUT2D eigenvalue weighted by molar-refractivity contribution is 6.04. The molecule has 1 saturated carbocycles. The molecule has 3 heterocycles. The van der Waals surface area contributed by atoms with E-state index in [1.807, 2.05) is 17.6 Å². The van der Waals surface area contributed by atoms with Crippen molar-refractivity contribution in [2.75, 3.05) is 0 Å². The maximum atomic E-state index is 12.8. The third kappa shape index (κ3) is 2.33. The maximum absolute atomic E-state index is 12.8. The second-order valence-electron chi connectivity index (χ2n) is 6.18. The number of hydrogen-bond acceptors (Lipinski definition) is 4. The quantitative estimate of drug-likeness (QED) is 0.724. The van der Waals surface area contributed by atoms with E-state index in [1.54, 1.807) is 12.3 Å². The van der Waals surface area contributed by atoms with Crippen LogP contribution in [0.1, 0.15) is 18.6 Å². The van der Waals surface area contributed by atoms with Gasteiger partial charge in [-0.05, 0) is 19.8 Å². The van der Waals surface area contributed by atoms with E-state index >= 15 is 0 Å². The van der Waals surface area contributed by atoms with Crippen molar-refractivity contribution in [3.8, 4) is 0 Å². The third-order valence-electron chi connectivity index (χ3n) is 4.21. The lowest BCUT2D eigenvalue weighted by atomic mass is 10.3. The van der Waals surface area contributed by atoms with Gasteiger partial charge < -0.3 is 14.3 Å². The third-order valence-corrected chi connectivity index (χ3v) is 4.21. The molecule has 1 N–H and O–H groups in total. The molecule has 0 aromatic carbocycles. The van der Waals surface area contributed by atoms with Crippen molar-refractivity contribution in [2.24, 2.45) is 0 Å². The number of allylic oxidation sites excluding steroid dienone is 1. The number of fused-ring (bicyclic) bond motifs is 3. The Labute approximate surface area is 137 Å². The minimum Gasteiger partial charge on any atom is -0.459 e. The van der Waals surface area contributed by atoms with Crippen LogP contribution in [0, 0.1) is 6.92 Å². The maximum Gasteiger partial charge on any atom is 0.291 e. The standard InChI is InChI=1S/C17H18N4O3/c1-3-6-20-13-7-10(2)24-16(13)12-8-18-21(17(23)15(12)20)9-14(22)19-11-4-5-11/h3,7-8,11H,1,4-6,9H2,2H3,(H,19,22). The van der Waals surface area contributed by atoms with Gasteiger partial charge in [0, 0.05) is 18.7 Å². The zero-order valence-electron chi connectivity index (χ0n) is 13.4. The Hall–Kier alpha value is -2.83. The van der Waals surface area contributed by atoms with Crippen LogP contribution in [0.3, 0.4) is 0 Å². The molecule has 0 bridgehead atoms. The van der Waals surface area contributed by atoms with E-state index in [-0.39, 0.29) is 24.1 Å². The van der Waals surface area contributed by atoms with Crippen molar-refractivity contribution in [3.63, 3.8) is 0 Å². The fourth-order valence-corrected chi connectivity index (χ4v) is 2.99. The summed E-state index contributed by atoms with van der Waals surface area (Å²) in [5.74, 6) is 0.584. The van der Waals surface area contributed by atoms with Gasteiger partial charge >= 0.3 is 0 Å². The Balaban J connectivity index is 1.84. The van der Waals surface area contributed by atoms with Crippen molar-refractivity contribution in [1.82, 2.24) is 19.7 Å². The first-order valence-corrected chi connectivity index (χ1v) is 7.97. The molecule has 124 valence electrons. The number of aryl methyl sites for hydroxylation is 1. The molecule has 1 fully saturated rings. The predicted octanol–water partition coefficient (Wildman–Crippen LogP) is 1.72. The van der Waals surface area contributed by atoms with Crippen LogP contribution in [0.25, 0.3) is 22.0 Å². The molecule has 1 amide bonds. The summed E-state index contributed by atoms with van der Waals surface area (Å²) in [5.41, 5.74) is 1.66. The minimum absolute atomic E-state index is 0.0784. The number of aromatic nitrogens is 3. The normalized spacial score (nSPS) is 14.4. The molecule has 7 nitrogen and oxygen atoms in total. The van der Waals surface area contributed by atoms with Gasteiger partial charge in [0.2, 0.25) is 5.91 Å². The van der Waals surface area contributed by atoms with Crippen LogP contribution < -0.4 is 10.9 Å². The van der Waals surface area contributed by atoms with Crippen molar-refractivity contribution in [3.05, 3.63) is 41.0 Å². The number of rotatable bonds is 5. The van der Waals surface area contributed by atoms with Gasteiger partial charge in [0.15, 0.2) is 5.58 Å². The summed E-state index contributed by atoms with van der Waals surface area (Å²) < 4.78 is 8.78. The first-order valence-electron chi connectivity index (χ1n) is 7.97. The van der Waals surface area contributed by atoms with Gasteiger partial charge in [-0.25, -0.2) is 4.68 Å². The number of nitrogens with zero attached hydrogens (tertiary/aromatic N) is 3. The summed E-state index contributed by atoms with van der Waals surface area (Å²) in [5, 5.41) is 7.67. The first-order chi connectivity index (χ1) is 11.6. The van der Waals surface area contributed by atoms with Crippen LogP contribution in [0.15, 0.2) is 34.1 Å². The van der Waals surface area contributed by atoms with Gasteiger partial charge in [-0.2, -0.15) is 5.10 Å². The topological polar surface area (TPSA) is 82.1 Å². The summed E-state index contributed by atoms with van der Waals surface area (Å²) in [4.78, 5) is 24.8. The minimum atomic E-state index is -0.302. The van der Waals surface area contributed by atoms with E-state index < -0.39 is 0 Å². The summed E-state index contributed by atoms with van der Waals surface area (Å²) in [6.45, 7) is 6.02. The van der Waals surface area contributed by atoms with Gasteiger partial charge in [0.25, 0.3) is 5.56 Å². The Morgan fingerprint density at radius 3 is 3.04 bits per heavy atom. The fraction of sp³-hybridized carbons (Fsp3) is 0.353. The van der Waals surface area contributed by atoms with E-state index in [4.69, 9.17) is 4.42 Å². The Morgan fingerprint density at radius 2 is 2.33 bits per heavy atom. The fourth-order valence-electron chi connectivity index (χ4n) is 2.99. The van der Waals surface area contributed by atoms with Crippen LogP contribution in [0.4, 0.5) is 0 Å². The molecule has 4 rings (SSSR count). The highest BCUT2D eigenvalue weighted by Gasteiger charge is 2.24. The average molecular weight is 326 g/mol. The number of nitrogens with one attached hydrogen (secondary N) is 1. The van der Waals surface area contributed by atoms with Gasteiger partial charge in [-0.1, -0.05) is 6.08 Å². The zero-order chi connectivity index (χ0) is 16.8. The number of carbonyl (C=O) groups excluding carboxylic acids is 1. The second-order valence-corrected chi connectivity index (χ2v) is 6.18. The summed E-state index contributed by atoms with van der Waals surface area (Å²) in [6.07, 6.45) is 5.33. The molecule has 0 aliphatic heterocycles. The summed E-state index contributed by atoms with van der Waals surface area (Å²) >= 11 is 0. The molecule has 7 heteroatoms. The molecular formula is C17H18N4O3. The Kier molecular flexibility index (Phi) is 3.30. The first kappa shape index (κ1) is 14.7. The van der Waals surface area contributed by atoms with Crippen molar-refractivity contribution >= 4 is 27.9 Å². The number of amides is 1. The van der Waals surface area contributed by atoms with E-state index in [2.05, 4.69) is 17.0 Å². The predicted molar refractivity (Wildman–Crippen MR) is 89.9 cm³/mol. The molecule has 0 radical (unpaired) electrons. The highest BCUT2D eigenvalue weighted by Crippen LogP contribution is 2.29. The van der Waals surface area contributed by atoms with Gasteiger partial charge in [0.1, 0.15) is 17.8 Å². The average Bonchev–Trinajstić information content (AvgIpc) is 3.19. The molecule has 3 aromatic heterocycles. The Bertz CT molecular complexity index is 1020. The van der Waals surface area contributed by atoms with Crippen LogP contribution in [0.2, 0.25) is 0 Å². The Morgan fingerprint density at radius 1 is 1.54 bits per heavy atom. The van der Waals surface area contributed by atoms with E-state index in [1.165, 1.54) is 4.68 Å². The molecule has 3 aromatic rings. The van der Waals surface area contributed by atoms with E-state index in [9.17, 15) is 9.59 Å². The molecule has 0 unspecified atom stereocenters. The number of hydrogen-bond donors (Lipinski definition) is 1. The SMILES string of the molecule is C=CCn1c2cc(C)oc2c2cnn(CC(=O)NC3CC3)c(=O)c21. The van der Waals surface area contributed by atoms with Crippen LogP contribution >= 0.6 is 0 Å². The van der Waals surface area contributed by atoms with E-state index in [0.29, 0.717) is 23.0 Å². The highest BCUT2D eigenvalue weighted by atomic mass is 16.3. The molecule has 1 aliphatic carbocycles. The van der Waals surface area contributed by atoms with Crippen LogP contribution in [-0.4, -0.2) is 26.3 Å². The molecule has 1 aliphatic rings. The summed E-state index contributed by atoms with van der Waals surface area (Å²) in [7, 11) is 0. The van der Waals surface area contributed by atoms with Crippen LogP contribution in [0.5, 0.6) is 0 Å². The van der Waals surface area contributed by atoms with Gasteiger partial charge in [-0.15, -0.1) is 6.58 Å². The zero-order valence-corrected chi connectivity index (χ0v) is 13.4. The van der Waals surface area contributed by atoms with Crippen LogP contribution in [-0.2, 0) is 17.9 Å². The van der Waals surface area contributed by atoms with E-state index in [0.717, 1.165) is 24.1 Å². The van der Waals surface area contributed by atoms with Crippen molar-refractivity contribution in [1.29, 1.82) is 0 Å². The van der Waals surface area contributed by atoms with Gasteiger partial charge in [0.05, 0.1) is 17.1 Å². The summed E-state index contributed by atoms with van der Waals surface area (Å²) in [6, 6.07) is 2.15. The number of furan rings is 1. The monoisotopic (exact) mass is 326 g/mol. The lowest BCUT2D eigenvalue weighted by molar-refractivity contribution is -0.122. The number of carbonyl (C=O) groups is 1. The lowest BCUT2D eigenvalue weighted by Gasteiger charge is -2.07. The second kappa shape index (κ2) is 5.36. The molecule has 0 spiro atoms. The molecular weight excluding hydrogens is 308 g/mol.